The molecule has 0 aromatic heterocycles. The Morgan fingerprint density at radius 3 is 2.16 bits per heavy atom. The number of aryl methyl sites for hydroxylation is 1. The quantitative estimate of drug-likeness (QED) is 0.713. The van der Waals surface area contributed by atoms with E-state index in [0.29, 0.717) is 12.0 Å². The number of carboxylic acid groups (broad SMARTS) is 1. The van der Waals surface area contributed by atoms with Crippen LogP contribution in [0.25, 0.3) is 0 Å². The number of rotatable bonds is 7. The summed E-state index contributed by atoms with van der Waals surface area (Å²) in [5, 5.41) is 9.72. The minimum Gasteiger partial charge on any atom is -0.479 e. The molecule has 0 bridgehead atoms. The number of hydrogen-bond donors (Lipinski definition) is 2. The normalized spacial score (nSPS) is 14.6. The van der Waals surface area contributed by atoms with Crippen LogP contribution in [0.3, 0.4) is 0 Å². The maximum Gasteiger partial charge on any atom is 0.335 e. The van der Waals surface area contributed by atoms with E-state index in [0.717, 1.165) is 12.1 Å². The number of hydrogen-bond acceptors (Lipinski definition) is 3. The van der Waals surface area contributed by atoms with Gasteiger partial charge < -0.3 is 10.0 Å². The zero-order valence-corrected chi connectivity index (χ0v) is 15.6. The topological polar surface area (TPSA) is 40.5 Å². The van der Waals surface area contributed by atoms with Crippen molar-refractivity contribution in [1.29, 1.82) is 0 Å². The van der Waals surface area contributed by atoms with E-state index in [4.69, 9.17) is 0 Å². The maximum absolute atomic E-state index is 13.4. The molecule has 0 radical (unpaired) electrons. The highest BCUT2D eigenvalue weighted by Crippen LogP contribution is 2.39. The molecule has 0 heterocycles. The van der Waals surface area contributed by atoms with Crippen LogP contribution in [0, 0.1) is 5.82 Å². The van der Waals surface area contributed by atoms with Crippen molar-refractivity contribution in [3.8, 4) is 0 Å². The number of carboxylic acids is 1. The van der Waals surface area contributed by atoms with Gasteiger partial charge in [-0.2, -0.15) is 12.6 Å². The van der Waals surface area contributed by atoms with Crippen LogP contribution >= 0.6 is 12.6 Å². The van der Waals surface area contributed by atoms with Gasteiger partial charge in [-0.25, -0.2) is 9.18 Å². The highest BCUT2D eigenvalue weighted by atomic mass is 32.1. The van der Waals surface area contributed by atoms with Crippen molar-refractivity contribution >= 4 is 24.3 Å². The van der Waals surface area contributed by atoms with Gasteiger partial charge in [0.05, 0.1) is 0 Å². The second-order valence-electron chi connectivity index (χ2n) is 6.08. The molecule has 134 valence electrons. The maximum atomic E-state index is 13.4. The van der Waals surface area contributed by atoms with Crippen LogP contribution < -0.4 is 4.90 Å². The highest BCUT2D eigenvalue weighted by Gasteiger charge is 2.49. The molecule has 2 atom stereocenters. The fourth-order valence-electron chi connectivity index (χ4n) is 3.18. The molecular formula is C20H24FNO2S. The van der Waals surface area contributed by atoms with E-state index in [-0.39, 0.29) is 0 Å². The van der Waals surface area contributed by atoms with Gasteiger partial charge in [-0.15, -0.1) is 0 Å². The first-order valence-electron chi connectivity index (χ1n) is 8.38. The van der Waals surface area contributed by atoms with Crippen molar-refractivity contribution < 1.29 is 14.3 Å². The highest BCUT2D eigenvalue weighted by molar-refractivity contribution is 7.81. The van der Waals surface area contributed by atoms with Crippen LogP contribution in [0.1, 0.15) is 31.4 Å². The monoisotopic (exact) mass is 361 g/mol. The minimum absolute atomic E-state index is 0.398. The Morgan fingerprint density at radius 2 is 1.72 bits per heavy atom. The smallest absolute Gasteiger partial charge is 0.335 e. The van der Waals surface area contributed by atoms with Gasteiger partial charge in [0.1, 0.15) is 5.82 Å². The Kier molecular flexibility index (Phi) is 6.11. The predicted octanol–water partition coefficient (Wildman–Crippen LogP) is 4.51. The second-order valence-corrected chi connectivity index (χ2v) is 6.70. The Hall–Kier alpha value is -2.01. The van der Waals surface area contributed by atoms with Crippen LogP contribution in [0.5, 0.6) is 0 Å². The molecule has 2 aromatic rings. The minimum atomic E-state index is -1.40. The Balaban J connectivity index is 2.63. The summed E-state index contributed by atoms with van der Waals surface area (Å²) in [5.74, 6) is -1.41. The van der Waals surface area contributed by atoms with E-state index in [1.807, 2.05) is 31.2 Å². The molecule has 25 heavy (non-hydrogen) atoms. The number of benzene rings is 2. The van der Waals surface area contributed by atoms with E-state index in [9.17, 15) is 14.3 Å². The largest absolute Gasteiger partial charge is 0.479 e. The molecule has 0 aliphatic carbocycles. The lowest BCUT2D eigenvalue weighted by molar-refractivity contribution is -0.143. The number of halogens is 1. The lowest BCUT2D eigenvalue weighted by Crippen LogP contribution is -2.56. The molecule has 2 aromatic carbocycles. The third-order valence-corrected chi connectivity index (χ3v) is 5.48. The number of aliphatic carboxylic acids is 1. The van der Waals surface area contributed by atoms with Crippen LogP contribution in [0.15, 0.2) is 48.5 Å². The van der Waals surface area contributed by atoms with Gasteiger partial charge in [-0.05, 0) is 48.2 Å². The summed E-state index contributed by atoms with van der Waals surface area (Å²) in [6, 6.07) is 13.4. The third kappa shape index (κ3) is 3.52. The fourth-order valence-corrected chi connectivity index (χ4v) is 3.61. The third-order valence-electron chi connectivity index (χ3n) is 4.74. The molecule has 0 fully saturated rings. The molecule has 0 unspecified atom stereocenters. The molecule has 1 N–H and O–H groups in total. The van der Waals surface area contributed by atoms with Gasteiger partial charge in [0.15, 0.2) is 5.54 Å². The first-order valence-corrected chi connectivity index (χ1v) is 8.89. The molecule has 2 rings (SSSR count). The van der Waals surface area contributed by atoms with E-state index in [2.05, 4.69) is 19.6 Å². The number of likely N-dealkylation sites (N-methyl/N-ethyl adjacent to an activating group) is 1. The van der Waals surface area contributed by atoms with Crippen LogP contribution in [-0.2, 0) is 16.8 Å². The summed E-state index contributed by atoms with van der Waals surface area (Å²) in [6.45, 7) is 3.96. The lowest BCUT2D eigenvalue weighted by atomic mass is 9.83. The summed E-state index contributed by atoms with van der Waals surface area (Å²) < 4.78 is 13.4. The van der Waals surface area contributed by atoms with Gasteiger partial charge in [0, 0.05) is 18.0 Å². The van der Waals surface area contributed by atoms with Gasteiger partial charge in [-0.3, -0.25) is 0 Å². The van der Waals surface area contributed by atoms with E-state index >= 15 is 0 Å². The standard InChI is InChI=1S/C20H24FNO2S/c1-4-14-6-12-17(13-7-14)22(3)20(19(23)24,18(25)5-2)15-8-10-16(21)11-9-15/h6-13,18,25H,4-5H2,1-3H3,(H,23,24)/t18-,20-/m0/s1. The zero-order chi connectivity index (χ0) is 18.6. The Morgan fingerprint density at radius 1 is 1.16 bits per heavy atom. The van der Waals surface area contributed by atoms with Crippen molar-refractivity contribution in [2.24, 2.45) is 0 Å². The molecule has 5 heteroatoms. The van der Waals surface area contributed by atoms with Gasteiger partial charge in [0.25, 0.3) is 0 Å². The average molecular weight is 361 g/mol. The molecule has 3 nitrogen and oxygen atoms in total. The van der Waals surface area contributed by atoms with Gasteiger partial charge >= 0.3 is 5.97 Å². The van der Waals surface area contributed by atoms with Gasteiger partial charge in [0.2, 0.25) is 0 Å². The molecule has 0 amide bonds. The number of anilines is 1. The van der Waals surface area contributed by atoms with Crippen molar-refractivity contribution in [2.75, 3.05) is 11.9 Å². The predicted molar refractivity (Wildman–Crippen MR) is 103 cm³/mol. The van der Waals surface area contributed by atoms with Crippen molar-refractivity contribution in [1.82, 2.24) is 0 Å². The first kappa shape index (κ1) is 19.3. The Labute approximate surface area is 153 Å². The molecule has 0 aliphatic heterocycles. The summed E-state index contributed by atoms with van der Waals surface area (Å²) in [6.07, 6.45) is 1.46. The molecular weight excluding hydrogens is 337 g/mol. The first-order chi connectivity index (χ1) is 11.9. The van der Waals surface area contributed by atoms with Crippen molar-refractivity contribution in [3.05, 3.63) is 65.5 Å². The second kappa shape index (κ2) is 7.91. The molecule has 0 saturated heterocycles. The molecule has 0 spiro atoms. The van der Waals surface area contributed by atoms with Gasteiger partial charge in [-0.1, -0.05) is 38.1 Å². The summed E-state index contributed by atoms with van der Waals surface area (Å²) in [4.78, 5) is 14.2. The zero-order valence-electron chi connectivity index (χ0n) is 14.7. The van der Waals surface area contributed by atoms with E-state index in [1.54, 1.807) is 11.9 Å². The van der Waals surface area contributed by atoms with Crippen LogP contribution in [0.2, 0.25) is 0 Å². The van der Waals surface area contributed by atoms with Crippen LogP contribution in [0.4, 0.5) is 10.1 Å². The fraction of sp³-hybridized carbons (Fsp3) is 0.350. The molecule has 0 aliphatic rings. The van der Waals surface area contributed by atoms with E-state index in [1.165, 1.54) is 29.8 Å². The SMILES string of the molecule is CCc1ccc(N(C)[C@@](C(=O)O)(c2ccc(F)cc2)[C@@H](S)CC)cc1. The van der Waals surface area contributed by atoms with Crippen molar-refractivity contribution in [2.45, 2.75) is 37.5 Å². The number of carbonyl (C=O) groups is 1. The van der Waals surface area contributed by atoms with Crippen molar-refractivity contribution in [3.63, 3.8) is 0 Å². The number of nitrogens with zero attached hydrogens (tertiary/aromatic N) is 1. The number of thiol groups is 1. The van der Waals surface area contributed by atoms with E-state index < -0.39 is 22.6 Å². The average Bonchev–Trinajstić information content (AvgIpc) is 2.63. The summed E-state index contributed by atoms with van der Waals surface area (Å²) >= 11 is 4.60. The summed E-state index contributed by atoms with van der Waals surface area (Å²) in [5.41, 5.74) is 1.05. The lowest BCUT2D eigenvalue weighted by Gasteiger charge is -2.43. The summed E-state index contributed by atoms with van der Waals surface area (Å²) in [7, 11) is 1.75. The van der Waals surface area contributed by atoms with Crippen LogP contribution in [-0.4, -0.2) is 23.4 Å². The molecule has 0 saturated carbocycles. The Bertz CT molecular complexity index is 717.